The Labute approximate surface area is 194 Å². The zero-order valence-electron chi connectivity index (χ0n) is 17.2. The number of carbonyl (C=O) groups is 2. The maximum atomic E-state index is 12.6. The van der Waals surface area contributed by atoms with E-state index in [2.05, 4.69) is 11.6 Å². The number of ether oxygens (including phenoxy) is 2. The van der Waals surface area contributed by atoms with Crippen LogP contribution in [0.4, 0.5) is 0 Å². The van der Waals surface area contributed by atoms with Crippen LogP contribution in [0.5, 0.6) is 5.75 Å². The van der Waals surface area contributed by atoms with Gasteiger partial charge in [0.2, 0.25) is 0 Å². The first kappa shape index (κ1) is 23.4. The number of hydrogen-bond acceptors (Lipinski definition) is 6. The summed E-state index contributed by atoms with van der Waals surface area (Å²) in [5.41, 5.74) is 0.876. The molecule has 0 saturated carbocycles. The van der Waals surface area contributed by atoms with Gasteiger partial charge in [-0.3, -0.25) is 4.79 Å². The van der Waals surface area contributed by atoms with E-state index in [-0.39, 0.29) is 23.0 Å². The molecule has 3 rings (SSSR count). The van der Waals surface area contributed by atoms with Crippen molar-refractivity contribution in [3.8, 4) is 5.75 Å². The van der Waals surface area contributed by atoms with Crippen molar-refractivity contribution in [3.05, 3.63) is 93.6 Å². The zero-order chi connectivity index (χ0) is 23.1. The van der Waals surface area contributed by atoms with E-state index in [0.717, 1.165) is 11.8 Å². The minimum atomic E-state index is -0.758. The smallest absolute Gasteiger partial charge is 0.344 e. The SMILES string of the molecule is C=CCOc1ccc(/C=C2\SC(=NC(=O)c3ccccc3)C(C(=O)OCC)=C2O)cc1Cl. The van der Waals surface area contributed by atoms with Crippen LogP contribution in [0.2, 0.25) is 5.02 Å². The molecule has 0 spiro atoms. The molecule has 1 aliphatic rings. The molecule has 0 radical (unpaired) electrons. The molecule has 164 valence electrons. The molecule has 32 heavy (non-hydrogen) atoms. The highest BCUT2D eigenvalue weighted by molar-refractivity contribution is 8.18. The third-order valence-electron chi connectivity index (χ3n) is 4.20. The Morgan fingerprint density at radius 1 is 1.22 bits per heavy atom. The Morgan fingerprint density at radius 2 is 1.97 bits per heavy atom. The van der Waals surface area contributed by atoms with E-state index in [0.29, 0.717) is 33.4 Å². The van der Waals surface area contributed by atoms with Crippen molar-refractivity contribution >= 4 is 46.4 Å². The highest BCUT2D eigenvalue weighted by Crippen LogP contribution is 2.40. The molecular formula is C24H20ClNO5S. The van der Waals surface area contributed by atoms with Crippen LogP contribution in [0.3, 0.4) is 0 Å². The number of hydrogen-bond donors (Lipinski definition) is 1. The molecule has 1 heterocycles. The van der Waals surface area contributed by atoms with Crippen LogP contribution in [0.15, 0.2) is 82.4 Å². The molecule has 1 aliphatic heterocycles. The van der Waals surface area contributed by atoms with Gasteiger partial charge in [0.15, 0.2) is 0 Å². The first-order chi connectivity index (χ1) is 15.4. The van der Waals surface area contributed by atoms with Crippen molar-refractivity contribution in [2.75, 3.05) is 13.2 Å². The summed E-state index contributed by atoms with van der Waals surface area (Å²) in [6, 6.07) is 13.6. The zero-order valence-corrected chi connectivity index (χ0v) is 18.8. The molecule has 2 aromatic rings. The van der Waals surface area contributed by atoms with Crippen molar-refractivity contribution in [1.29, 1.82) is 0 Å². The minimum Gasteiger partial charge on any atom is -0.506 e. The van der Waals surface area contributed by atoms with Crippen molar-refractivity contribution < 1.29 is 24.2 Å². The first-order valence-electron chi connectivity index (χ1n) is 9.66. The summed E-state index contributed by atoms with van der Waals surface area (Å²) in [5, 5.41) is 11.2. The summed E-state index contributed by atoms with van der Waals surface area (Å²) < 4.78 is 10.5. The molecule has 0 bridgehead atoms. The molecular weight excluding hydrogens is 450 g/mol. The van der Waals surface area contributed by atoms with Gasteiger partial charge in [-0.2, -0.15) is 0 Å². The number of aliphatic hydroxyl groups excluding tert-OH is 1. The standard InChI is InChI=1S/C24H20ClNO5S/c1-3-12-31-18-11-10-15(13-17(18)25)14-19-21(27)20(24(29)30-4-2)23(32-19)26-22(28)16-8-6-5-7-9-16/h3,5-11,13-14,27H,1,4,12H2,2H3/b19-14-,26-23?. The lowest BCUT2D eigenvalue weighted by Crippen LogP contribution is -2.14. The number of rotatable bonds is 7. The summed E-state index contributed by atoms with van der Waals surface area (Å²) in [6.07, 6.45) is 3.25. The van der Waals surface area contributed by atoms with E-state index >= 15 is 0 Å². The van der Waals surface area contributed by atoms with Gasteiger partial charge in [-0.15, -0.1) is 0 Å². The first-order valence-corrected chi connectivity index (χ1v) is 10.9. The third-order valence-corrected chi connectivity index (χ3v) is 5.52. The van der Waals surface area contributed by atoms with Crippen LogP contribution in [0, 0.1) is 0 Å². The molecule has 0 aliphatic carbocycles. The highest BCUT2D eigenvalue weighted by atomic mass is 35.5. The monoisotopic (exact) mass is 469 g/mol. The van der Waals surface area contributed by atoms with Gasteiger partial charge in [-0.1, -0.05) is 60.3 Å². The Balaban J connectivity index is 1.96. The van der Waals surface area contributed by atoms with Gasteiger partial charge in [0, 0.05) is 5.56 Å². The van der Waals surface area contributed by atoms with E-state index in [4.69, 9.17) is 21.1 Å². The lowest BCUT2D eigenvalue weighted by Gasteiger charge is -2.06. The predicted octanol–water partition coefficient (Wildman–Crippen LogP) is 5.61. The maximum absolute atomic E-state index is 12.6. The summed E-state index contributed by atoms with van der Waals surface area (Å²) in [5.74, 6) is -1.10. The number of amides is 1. The molecule has 0 saturated heterocycles. The Hall–Kier alpha value is -3.29. The van der Waals surface area contributed by atoms with Crippen LogP contribution >= 0.6 is 23.4 Å². The molecule has 6 nitrogen and oxygen atoms in total. The average Bonchev–Trinajstić information content (AvgIpc) is 3.08. The van der Waals surface area contributed by atoms with E-state index < -0.39 is 11.9 Å². The van der Waals surface area contributed by atoms with E-state index in [1.54, 1.807) is 67.6 Å². The van der Waals surface area contributed by atoms with E-state index in [1.165, 1.54) is 0 Å². The Morgan fingerprint density at radius 3 is 2.62 bits per heavy atom. The molecule has 1 amide bonds. The maximum Gasteiger partial charge on any atom is 0.344 e. The van der Waals surface area contributed by atoms with Crippen molar-refractivity contribution in [2.45, 2.75) is 6.92 Å². The van der Waals surface area contributed by atoms with Gasteiger partial charge in [-0.25, -0.2) is 9.79 Å². The fourth-order valence-corrected chi connectivity index (χ4v) is 4.01. The average molecular weight is 470 g/mol. The van der Waals surface area contributed by atoms with E-state index in [1.807, 2.05) is 0 Å². The number of carbonyl (C=O) groups excluding carboxylic acids is 2. The third kappa shape index (κ3) is 5.49. The Bertz CT molecular complexity index is 1140. The van der Waals surface area contributed by atoms with Crippen LogP contribution < -0.4 is 4.74 Å². The highest BCUT2D eigenvalue weighted by Gasteiger charge is 2.34. The Kier molecular flexibility index (Phi) is 7.92. The van der Waals surface area contributed by atoms with Crippen LogP contribution in [0.1, 0.15) is 22.8 Å². The van der Waals surface area contributed by atoms with E-state index in [9.17, 15) is 14.7 Å². The number of thioether (sulfide) groups is 1. The summed E-state index contributed by atoms with van der Waals surface area (Å²) in [6.45, 7) is 5.68. The molecule has 0 fully saturated rings. The van der Waals surface area contributed by atoms with Crippen molar-refractivity contribution in [1.82, 2.24) is 0 Å². The van der Waals surface area contributed by atoms with Crippen molar-refractivity contribution in [2.24, 2.45) is 4.99 Å². The van der Waals surface area contributed by atoms with Gasteiger partial charge in [0.05, 0.1) is 16.5 Å². The quantitative estimate of drug-likeness (QED) is 0.419. The molecule has 1 N–H and O–H groups in total. The van der Waals surface area contributed by atoms with Crippen LogP contribution in [-0.4, -0.2) is 35.2 Å². The molecule has 0 atom stereocenters. The van der Waals surface area contributed by atoms with Gasteiger partial charge < -0.3 is 14.6 Å². The normalized spacial score (nSPS) is 15.8. The van der Waals surface area contributed by atoms with Gasteiger partial charge >= 0.3 is 5.97 Å². The second-order valence-electron chi connectivity index (χ2n) is 6.43. The molecule has 0 aromatic heterocycles. The number of benzene rings is 2. The number of halogens is 1. The van der Waals surface area contributed by atoms with Crippen molar-refractivity contribution in [3.63, 3.8) is 0 Å². The molecule has 0 unspecified atom stereocenters. The predicted molar refractivity (Wildman–Crippen MR) is 127 cm³/mol. The second-order valence-corrected chi connectivity index (χ2v) is 7.87. The lowest BCUT2D eigenvalue weighted by molar-refractivity contribution is -0.138. The summed E-state index contributed by atoms with van der Waals surface area (Å²) in [4.78, 5) is 29.4. The summed E-state index contributed by atoms with van der Waals surface area (Å²) >= 11 is 7.26. The van der Waals surface area contributed by atoms with Gasteiger partial charge in [0.25, 0.3) is 5.91 Å². The largest absolute Gasteiger partial charge is 0.506 e. The van der Waals surface area contributed by atoms with Gasteiger partial charge in [-0.05, 0) is 42.8 Å². The topological polar surface area (TPSA) is 85.2 Å². The number of nitrogens with zero attached hydrogens (tertiary/aromatic N) is 1. The van der Waals surface area contributed by atoms with Gasteiger partial charge in [0.1, 0.15) is 28.7 Å². The fourth-order valence-electron chi connectivity index (χ4n) is 2.75. The van der Waals surface area contributed by atoms with Crippen LogP contribution in [0.25, 0.3) is 6.08 Å². The van der Waals surface area contributed by atoms with Crippen LogP contribution in [-0.2, 0) is 9.53 Å². The molecule has 2 aromatic carbocycles. The number of esters is 1. The summed E-state index contributed by atoms with van der Waals surface area (Å²) in [7, 11) is 0. The minimum absolute atomic E-state index is 0.0677. The number of aliphatic imine (C=N–C) groups is 1. The fraction of sp³-hybridized carbons (Fsp3) is 0.125. The molecule has 8 heteroatoms. The number of aliphatic hydroxyl groups is 1. The second kappa shape index (κ2) is 10.8. The lowest BCUT2D eigenvalue weighted by atomic mass is 10.1.